The van der Waals surface area contributed by atoms with Crippen LogP contribution in [0.1, 0.15) is 50.3 Å². The van der Waals surface area contributed by atoms with Crippen LogP contribution in [0.5, 0.6) is 0 Å². The Morgan fingerprint density at radius 1 is 1.40 bits per heavy atom. The molecule has 1 aromatic rings. The maximum absolute atomic E-state index is 11.4. The third-order valence-corrected chi connectivity index (χ3v) is 4.60. The van der Waals surface area contributed by atoms with E-state index in [2.05, 4.69) is 42.7 Å². The van der Waals surface area contributed by atoms with Gasteiger partial charge in [-0.3, -0.25) is 4.79 Å². The highest BCUT2D eigenvalue weighted by Crippen LogP contribution is 2.47. The van der Waals surface area contributed by atoms with Gasteiger partial charge in [0.2, 0.25) is 5.91 Å². The summed E-state index contributed by atoms with van der Waals surface area (Å²) in [4.78, 5) is 11.4. The van der Waals surface area contributed by atoms with E-state index in [0.29, 0.717) is 12.5 Å². The Labute approximate surface area is 121 Å². The van der Waals surface area contributed by atoms with Gasteiger partial charge in [-0.15, -0.1) is 0 Å². The summed E-state index contributed by atoms with van der Waals surface area (Å²) in [6.07, 6.45) is 3.98. The first-order valence-corrected chi connectivity index (χ1v) is 7.85. The summed E-state index contributed by atoms with van der Waals surface area (Å²) in [6, 6.07) is 7.04. The van der Waals surface area contributed by atoms with Crippen molar-refractivity contribution in [2.75, 3.05) is 11.9 Å². The number of nitrogens with one attached hydrogen (secondary N) is 2. The predicted molar refractivity (Wildman–Crippen MR) is 81.7 cm³/mol. The Balaban J connectivity index is 1.82. The van der Waals surface area contributed by atoms with Gasteiger partial charge in [0.05, 0.1) is 0 Å². The summed E-state index contributed by atoms with van der Waals surface area (Å²) < 4.78 is 0. The van der Waals surface area contributed by atoms with Crippen molar-refractivity contribution in [2.24, 2.45) is 11.8 Å². The first-order valence-electron chi connectivity index (χ1n) is 7.85. The van der Waals surface area contributed by atoms with E-state index in [0.717, 1.165) is 30.5 Å². The molecule has 2 aliphatic rings. The molecule has 2 N–H and O–H groups in total. The number of aryl methyl sites for hydroxylation is 1. The van der Waals surface area contributed by atoms with Crippen molar-refractivity contribution in [3.05, 3.63) is 29.3 Å². The van der Waals surface area contributed by atoms with Crippen LogP contribution in [0.3, 0.4) is 0 Å². The minimum atomic E-state index is 0.140. The summed E-state index contributed by atoms with van der Waals surface area (Å²) in [5, 5.41) is 6.67. The van der Waals surface area contributed by atoms with Crippen LogP contribution in [0.4, 0.5) is 5.69 Å². The second-order valence-electron chi connectivity index (χ2n) is 6.27. The second kappa shape index (κ2) is 5.57. The fraction of sp³-hybridized carbons (Fsp3) is 0.588. The number of rotatable bonds is 5. The zero-order valence-corrected chi connectivity index (χ0v) is 12.4. The molecular weight excluding hydrogens is 248 g/mol. The van der Waals surface area contributed by atoms with E-state index in [4.69, 9.17) is 0 Å². The lowest BCUT2D eigenvalue weighted by Crippen LogP contribution is -2.25. The molecule has 108 valence electrons. The lowest BCUT2D eigenvalue weighted by atomic mass is 9.94. The maximum atomic E-state index is 11.4. The van der Waals surface area contributed by atoms with Crippen LogP contribution in [-0.2, 0) is 11.2 Å². The molecule has 3 nitrogen and oxygen atoms in total. The summed E-state index contributed by atoms with van der Waals surface area (Å²) in [7, 11) is 0. The van der Waals surface area contributed by atoms with Crippen LogP contribution in [0.2, 0.25) is 0 Å². The number of amides is 1. The molecule has 20 heavy (non-hydrogen) atoms. The van der Waals surface area contributed by atoms with Crippen LogP contribution >= 0.6 is 0 Å². The largest absolute Gasteiger partial charge is 0.326 e. The van der Waals surface area contributed by atoms with Crippen molar-refractivity contribution in [3.8, 4) is 0 Å². The molecule has 0 spiro atoms. The van der Waals surface area contributed by atoms with E-state index in [1.165, 1.54) is 24.0 Å². The first-order chi connectivity index (χ1) is 9.69. The van der Waals surface area contributed by atoms with E-state index in [9.17, 15) is 4.79 Å². The van der Waals surface area contributed by atoms with Crippen LogP contribution in [-0.4, -0.2) is 12.5 Å². The number of hydrogen-bond donors (Lipinski definition) is 2. The number of carbonyl (C=O) groups excluding carboxylic acids is 1. The number of anilines is 1. The maximum Gasteiger partial charge on any atom is 0.224 e. The zero-order chi connectivity index (χ0) is 14.1. The molecule has 0 bridgehead atoms. The molecular formula is C17H24N2O. The highest BCUT2D eigenvalue weighted by Gasteiger charge is 2.40. The minimum Gasteiger partial charge on any atom is -0.326 e. The molecule has 3 heteroatoms. The third-order valence-electron chi connectivity index (χ3n) is 4.60. The molecule has 0 saturated heterocycles. The molecule has 3 unspecified atom stereocenters. The first kappa shape index (κ1) is 13.6. The number of benzene rings is 1. The van der Waals surface area contributed by atoms with Gasteiger partial charge in [0.25, 0.3) is 0 Å². The van der Waals surface area contributed by atoms with E-state index in [1.54, 1.807) is 0 Å². The Morgan fingerprint density at radius 3 is 2.90 bits per heavy atom. The summed E-state index contributed by atoms with van der Waals surface area (Å²) in [5.41, 5.74) is 3.68. The lowest BCUT2D eigenvalue weighted by molar-refractivity contribution is -0.116. The average molecular weight is 272 g/mol. The fourth-order valence-corrected chi connectivity index (χ4v) is 3.23. The number of carbonyl (C=O) groups is 1. The average Bonchev–Trinajstić information content (AvgIpc) is 3.16. The summed E-state index contributed by atoms with van der Waals surface area (Å²) in [5.74, 6) is 1.75. The summed E-state index contributed by atoms with van der Waals surface area (Å²) >= 11 is 0. The van der Waals surface area contributed by atoms with Gasteiger partial charge in [-0.2, -0.15) is 0 Å². The molecule has 1 fully saturated rings. The van der Waals surface area contributed by atoms with Crippen LogP contribution in [0.15, 0.2) is 18.2 Å². The quantitative estimate of drug-likeness (QED) is 0.863. The van der Waals surface area contributed by atoms with Gasteiger partial charge in [-0.05, 0) is 54.8 Å². The Hall–Kier alpha value is -1.35. The summed E-state index contributed by atoms with van der Waals surface area (Å²) in [6.45, 7) is 5.62. The van der Waals surface area contributed by atoms with Gasteiger partial charge >= 0.3 is 0 Å². The Morgan fingerprint density at radius 2 is 2.20 bits per heavy atom. The number of hydrogen-bond acceptors (Lipinski definition) is 2. The normalized spacial score (nSPS) is 25.8. The SMILES string of the molecule is CCCNC(c1ccc2c(c1)CCC(=O)N2)C1CC1C. The van der Waals surface area contributed by atoms with Crippen molar-refractivity contribution < 1.29 is 4.79 Å². The zero-order valence-electron chi connectivity index (χ0n) is 12.4. The van der Waals surface area contributed by atoms with E-state index >= 15 is 0 Å². The van der Waals surface area contributed by atoms with Crippen molar-refractivity contribution >= 4 is 11.6 Å². The molecule has 1 saturated carbocycles. The monoisotopic (exact) mass is 272 g/mol. The number of fused-ring (bicyclic) bond motifs is 1. The van der Waals surface area contributed by atoms with Crippen LogP contribution < -0.4 is 10.6 Å². The van der Waals surface area contributed by atoms with E-state index in [1.807, 2.05) is 0 Å². The molecule has 3 atom stereocenters. The second-order valence-corrected chi connectivity index (χ2v) is 6.27. The van der Waals surface area contributed by atoms with Gasteiger partial charge in [-0.1, -0.05) is 26.0 Å². The van der Waals surface area contributed by atoms with Gasteiger partial charge in [0.1, 0.15) is 0 Å². The highest BCUT2D eigenvalue weighted by atomic mass is 16.1. The molecule has 0 aromatic heterocycles. The van der Waals surface area contributed by atoms with Gasteiger partial charge in [-0.25, -0.2) is 0 Å². The lowest BCUT2D eigenvalue weighted by Gasteiger charge is -2.23. The molecule has 3 rings (SSSR count). The molecule has 1 heterocycles. The fourth-order valence-electron chi connectivity index (χ4n) is 3.23. The molecule has 1 aromatic carbocycles. The van der Waals surface area contributed by atoms with Crippen LogP contribution in [0.25, 0.3) is 0 Å². The standard InChI is InChI=1S/C17H24N2O/c1-3-8-18-17(14-9-11(14)2)13-4-6-15-12(10-13)5-7-16(20)19-15/h4,6,10-11,14,17-18H,3,5,7-9H2,1-2H3,(H,19,20). The topological polar surface area (TPSA) is 41.1 Å². The van der Waals surface area contributed by atoms with Crippen molar-refractivity contribution in [1.82, 2.24) is 5.32 Å². The van der Waals surface area contributed by atoms with Crippen molar-refractivity contribution in [2.45, 2.75) is 45.6 Å². The highest BCUT2D eigenvalue weighted by molar-refractivity contribution is 5.93. The minimum absolute atomic E-state index is 0.140. The molecule has 1 aliphatic heterocycles. The molecule has 0 radical (unpaired) electrons. The van der Waals surface area contributed by atoms with Crippen molar-refractivity contribution in [3.63, 3.8) is 0 Å². The van der Waals surface area contributed by atoms with Crippen molar-refractivity contribution in [1.29, 1.82) is 0 Å². The third kappa shape index (κ3) is 2.73. The van der Waals surface area contributed by atoms with Gasteiger partial charge in [0, 0.05) is 18.2 Å². The van der Waals surface area contributed by atoms with Crippen LogP contribution in [0, 0.1) is 11.8 Å². The van der Waals surface area contributed by atoms with E-state index < -0.39 is 0 Å². The smallest absolute Gasteiger partial charge is 0.224 e. The molecule has 1 amide bonds. The Bertz CT molecular complexity index is 512. The van der Waals surface area contributed by atoms with E-state index in [-0.39, 0.29) is 5.91 Å². The predicted octanol–water partition coefficient (Wildman–Crippen LogP) is 3.27. The van der Waals surface area contributed by atoms with Gasteiger partial charge < -0.3 is 10.6 Å². The Kier molecular flexibility index (Phi) is 3.79. The van der Waals surface area contributed by atoms with Gasteiger partial charge in [0.15, 0.2) is 0 Å². The molecule has 1 aliphatic carbocycles.